The predicted octanol–water partition coefficient (Wildman–Crippen LogP) is 3.13. The molecule has 0 saturated heterocycles. The molecule has 2 amide bonds. The third-order valence-corrected chi connectivity index (χ3v) is 3.33. The van der Waals surface area contributed by atoms with E-state index in [0.717, 1.165) is 0 Å². The van der Waals surface area contributed by atoms with Gasteiger partial charge in [0.15, 0.2) is 5.58 Å². The summed E-state index contributed by atoms with van der Waals surface area (Å²) in [5.74, 6) is 6.07. The van der Waals surface area contributed by atoms with Crippen LogP contribution in [0.4, 0.5) is 4.79 Å². The number of hydroxylamine groups is 2. The van der Waals surface area contributed by atoms with E-state index in [2.05, 4.69) is 16.8 Å². The Morgan fingerprint density at radius 3 is 2.88 bits per heavy atom. The van der Waals surface area contributed by atoms with E-state index in [1.807, 2.05) is 18.2 Å². The minimum atomic E-state index is -0.963. The Bertz CT molecular complexity index is 938. The van der Waals surface area contributed by atoms with E-state index in [4.69, 9.17) is 14.9 Å². The summed E-state index contributed by atoms with van der Waals surface area (Å²) < 4.78 is 11.1. The lowest BCUT2D eigenvalue weighted by Crippen LogP contribution is -2.38. The van der Waals surface area contributed by atoms with Gasteiger partial charge in [-0.2, -0.15) is 10.0 Å². The monoisotopic (exact) mass is 337 g/mol. The summed E-state index contributed by atoms with van der Waals surface area (Å²) in [5.41, 5.74) is 6.96. The molecule has 0 aliphatic carbocycles. The standard InChI is InChI=1S/C18H15N3O4/c1-12(21(23)17(19)22)9-10-13-5-4-6-14(11-13)24-18-20-15-7-2-3-8-16(15)25-18/h2-8,11-12,23H,1H3,(H2,19,22). The first-order chi connectivity index (χ1) is 12.0. The number of para-hydroxylation sites is 2. The molecule has 7 heteroatoms. The average Bonchev–Trinajstić information content (AvgIpc) is 3.01. The second kappa shape index (κ2) is 6.95. The molecule has 0 aliphatic heterocycles. The van der Waals surface area contributed by atoms with Crippen molar-refractivity contribution < 1.29 is 19.2 Å². The molecule has 1 atom stereocenters. The molecule has 126 valence electrons. The maximum absolute atomic E-state index is 10.9. The van der Waals surface area contributed by atoms with Gasteiger partial charge in [-0.3, -0.25) is 5.21 Å². The molecule has 3 rings (SSSR count). The maximum Gasteiger partial charge on any atom is 0.400 e. The number of ether oxygens (including phenoxy) is 1. The van der Waals surface area contributed by atoms with Crippen LogP contribution in [0.1, 0.15) is 12.5 Å². The van der Waals surface area contributed by atoms with Crippen molar-refractivity contribution in [3.63, 3.8) is 0 Å². The van der Waals surface area contributed by atoms with Crippen LogP contribution in [0.3, 0.4) is 0 Å². The Hall–Kier alpha value is -3.50. The maximum atomic E-state index is 10.9. The molecule has 3 aromatic rings. The normalized spacial score (nSPS) is 11.4. The average molecular weight is 337 g/mol. The van der Waals surface area contributed by atoms with Gasteiger partial charge >= 0.3 is 12.1 Å². The zero-order chi connectivity index (χ0) is 17.8. The Morgan fingerprint density at radius 1 is 1.32 bits per heavy atom. The largest absolute Gasteiger partial charge is 0.411 e. The molecule has 1 heterocycles. The molecular formula is C18H15N3O4. The van der Waals surface area contributed by atoms with Gasteiger partial charge < -0.3 is 14.9 Å². The number of nitrogens with zero attached hydrogens (tertiary/aromatic N) is 2. The quantitative estimate of drug-likeness (QED) is 0.434. The Kier molecular flexibility index (Phi) is 4.55. The van der Waals surface area contributed by atoms with Crippen molar-refractivity contribution in [2.75, 3.05) is 0 Å². The van der Waals surface area contributed by atoms with Gasteiger partial charge in [-0.25, -0.2) is 4.79 Å². The molecule has 25 heavy (non-hydrogen) atoms. The smallest absolute Gasteiger partial charge is 0.400 e. The second-order valence-corrected chi connectivity index (χ2v) is 5.21. The summed E-state index contributed by atoms with van der Waals surface area (Å²) in [4.78, 5) is 15.1. The number of aromatic nitrogens is 1. The summed E-state index contributed by atoms with van der Waals surface area (Å²) >= 11 is 0. The number of carbonyl (C=O) groups is 1. The molecule has 0 radical (unpaired) electrons. The SMILES string of the molecule is CC(C#Cc1cccc(Oc2nc3ccccc3o2)c1)N(O)C(N)=O. The molecule has 0 aliphatic rings. The lowest BCUT2D eigenvalue weighted by Gasteiger charge is -2.14. The molecule has 0 bridgehead atoms. The van der Waals surface area contributed by atoms with Gasteiger partial charge in [0.1, 0.15) is 17.3 Å². The van der Waals surface area contributed by atoms with Gasteiger partial charge in [-0.1, -0.05) is 30.0 Å². The summed E-state index contributed by atoms with van der Waals surface area (Å²) in [6.45, 7) is 1.55. The Labute approximate surface area is 143 Å². The van der Waals surface area contributed by atoms with E-state index in [0.29, 0.717) is 27.5 Å². The van der Waals surface area contributed by atoms with Crippen molar-refractivity contribution in [1.29, 1.82) is 0 Å². The van der Waals surface area contributed by atoms with Gasteiger partial charge in [0.2, 0.25) is 0 Å². The van der Waals surface area contributed by atoms with Gasteiger partial charge in [0, 0.05) is 5.56 Å². The van der Waals surface area contributed by atoms with Crippen LogP contribution in [0.2, 0.25) is 0 Å². The number of amides is 2. The van der Waals surface area contributed by atoms with E-state index in [-0.39, 0.29) is 6.08 Å². The lowest BCUT2D eigenvalue weighted by atomic mass is 10.2. The zero-order valence-electron chi connectivity index (χ0n) is 13.3. The lowest BCUT2D eigenvalue weighted by molar-refractivity contribution is -0.0536. The topological polar surface area (TPSA) is 102 Å². The molecule has 0 saturated carbocycles. The predicted molar refractivity (Wildman–Crippen MR) is 90.1 cm³/mol. The number of nitrogens with two attached hydrogens (primary N) is 1. The first-order valence-corrected chi connectivity index (χ1v) is 7.45. The van der Waals surface area contributed by atoms with Crippen molar-refractivity contribution in [3.05, 3.63) is 54.1 Å². The molecular weight excluding hydrogens is 322 g/mol. The minimum Gasteiger partial charge on any atom is -0.411 e. The van der Waals surface area contributed by atoms with Crippen LogP contribution < -0.4 is 10.5 Å². The van der Waals surface area contributed by atoms with Crippen molar-refractivity contribution in [1.82, 2.24) is 10.0 Å². The number of carbonyl (C=O) groups excluding carboxylic acids is 1. The number of primary amides is 1. The summed E-state index contributed by atoms with van der Waals surface area (Å²) in [5, 5.41) is 9.77. The fourth-order valence-electron chi connectivity index (χ4n) is 2.07. The third-order valence-electron chi connectivity index (χ3n) is 3.33. The number of hydrogen-bond acceptors (Lipinski definition) is 5. The highest BCUT2D eigenvalue weighted by Gasteiger charge is 2.12. The van der Waals surface area contributed by atoms with Crippen molar-refractivity contribution in [2.24, 2.45) is 5.73 Å². The second-order valence-electron chi connectivity index (χ2n) is 5.21. The Morgan fingerprint density at radius 2 is 2.12 bits per heavy atom. The highest BCUT2D eigenvalue weighted by atomic mass is 16.6. The van der Waals surface area contributed by atoms with Gasteiger partial charge in [-0.15, -0.1) is 0 Å². The van der Waals surface area contributed by atoms with Crippen LogP contribution in [-0.2, 0) is 0 Å². The highest BCUT2D eigenvalue weighted by molar-refractivity contribution is 5.72. The van der Waals surface area contributed by atoms with E-state index in [1.54, 1.807) is 37.3 Å². The van der Waals surface area contributed by atoms with E-state index >= 15 is 0 Å². The van der Waals surface area contributed by atoms with Crippen molar-refractivity contribution >= 4 is 17.1 Å². The highest BCUT2D eigenvalue weighted by Crippen LogP contribution is 2.25. The summed E-state index contributed by atoms with van der Waals surface area (Å²) in [6, 6.07) is 12.6. The summed E-state index contributed by atoms with van der Waals surface area (Å²) in [6.07, 6.45) is 0.134. The first kappa shape index (κ1) is 16.4. The van der Waals surface area contributed by atoms with E-state index in [1.165, 1.54) is 0 Å². The number of oxazole rings is 1. The molecule has 1 aromatic heterocycles. The fraction of sp³-hybridized carbons (Fsp3) is 0.111. The number of hydrogen-bond donors (Lipinski definition) is 2. The number of benzene rings is 2. The van der Waals surface area contributed by atoms with Crippen molar-refractivity contribution in [3.8, 4) is 23.7 Å². The third kappa shape index (κ3) is 3.88. The number of rotatable bonds is 3. The van der Waals surface area contributed by atoms with Gasteiger partial charge in [0.25, 0.3) is 0 Å². The van der Waals surface area contributed by atoms with Gasteiger partial charge in [0.05, 0.1) is 0 Å². The van der Waals surface area contributed by atoms with E-state index in [9.17, 15) is 10.0 Å². The first-order valence-electron chi connectivity index (χ1n) is 7.45. The summed E-state index contributed by atoms with van der Waals surface area (Å²) in [7, 11) is 0. The van der Waals surface area contributed by atoms with Crippen LogP contribution in [0.25, 0.3) is 11.1 Å². The molecule has 1 unspecified atom stereocenters. The van der Waals surface area contributed by atoms with Crippen LogP contribution in [0, 0.1) is 11.8 Å². The van der Waals surface area contributed by atoms with Crippen LogP contribution >= 0.6 is 0 Å². The van der Waals surface area contributed by atoms with Crippen LogP contribution in [0.5, 0.6) is 11.8 Å². The van der Waals surface area contributed by atoms with Crippen molar-refractivity contribution in [2.45, 2.75) is 13.0 Å². The van der Waals surface area contributed by atoms with Gasteiger partial charge in [-0.05, 0) is 37.3 Å². The van der Waals surface area contributed by atoms with Crippen LogP contribution in [0.15, 0.2) is 52.9 Å². The number of fused-ring (bicyclic) bond motifs is 1. The molecule has 3 N–H and O–H groups in total. The molecule has 7 nitrogen and oxygen atoms in total. The number of urea groups is 1. The minimum absolute atomic E-state index is 0.134. The van der Waals surface area contributed by atoms with E-state index < -0.39 is 12.1 Å². The fourth-order valence-corrected chi connectivity index (χ4v) is 2.07. The van der Waals surface area contributed by atoms with Crippen LogP contribution in [-0.4, -0.2) is 27.3 Å². The molecule has 2 aromatic carbocycles. The zero-order valence-corrected chi connectivity index (χ0v) is 13.3. The molecule has 0 spiro atoms. The molecule has 0 fully saturated rings. The Balaban J connectivity index is 1.76.